The van der Waals surface area contributed by atoms with Gasteiger partial charge in [0.2, 0.25) is 0 Å². The smallest absolute Gasteiger partial charge is 0.462 e. The largest absolute Gasteiger partial charge is 0.472 e. The number of rotatable bonds is 74. The van der Waals surface area contributed by atoms with Crippen molar-refractivity contribution in [1.82, 2.24) is 0 Å². The highest BCUT2D eigenvalue weighted by atomic mass is 31.2. The van der Waals surface area contributed by atoms with Crippen molar-refractivity contribution in [1.29, 1.82) is 0 Å². The van der Waals surface area contributed by atoms with E-state index in [1.807, 2.05) is 0 Å². The summed E-state index contributed by atoms with van der Waals surface area (Å²) in [5.41, 5.74) is 0. The Morgan fingerprint density at radius 2 is 0.495 bits per heavy atom. The molecular weight excluding hydrogens is 1220 g/mol. The first-order valence-corrected chi connectivity index (χ1v) is 41.6. The lowest BCUT2D eigenvalue weighted by Crippen LogP contribution is -2.30. The van der Waals surface area contributed by atoms with Crippen LogP contribution in [0.5, 0.6) is 0 Å². The third-order valence-electron chi connectivity index (χ3n) is 17.3. The summed E-state index contributed by atoms with van der Waals surface area (Å²) in [5, 5.41) is 10.6. The van der Waals surface area contributed by atoms with Crippen LogP contribution in [-0.4, -0.2) is 96.7 Å². The second kappa shape index (κ2) is 67.3. The molecule has 0 bridgehead atoms. The van der Waals surface area contributed by atoms with Crippen molar-refractivity contribution in [3.63, 3.8) is 0 Å². The minimum absolute atomic E-state index is 0.105. The van der Waals surface area contributed by atoms with Crippen LogP contribution in [-0.2, 0) is 65.4 Å². The SMILES string of the molecule is CCCCCCCCCCCCCCCCCCCCCC(=O)O[C@H](COC(=O)CCCCCCCCCCCCCCC)COP(=O)(O)OC[C@@H](O)COP(=O)(O)OC[C@@H](COC(=O)CCCCCCCCCCCC)OC(=O)CCCCCCCCCCC(C)C. The molecular formula is C74H144O17P2. The molecule has 0 aromatic rings. The predicted molar refractivity (Wildman–Crippen MR) is 377 cm³/mol. The van der Waals surface area contributed by atoms with Crippen molar-refractivity contribution in [3.8, 4) is 0 Å². The fourth-order valence-corrected chi connectivity index (χ4v) is 12.9. The zero-order valence-corrected chi connectivity index (χ0v) is 62.2. The zero-order chi connectivity index (χ0) is 68.4. The first kappa shape index (κ1) is 91.1. The van der Waals surface area contributed by atoms with Crippen LogP contribution in [0.25, 0.3) is 0 Å². The summed E-state index contributed by atoms with van der Waals surface area (Å²) in [4.78, 5) is 72.7. The molecule has 0 spiro atoms. The van der Waals surface area contributed by atoms with Crippen LogP contribution in [0.1, 0.15) is 388 Å². The van der Waals surface area contributed by atoms with Gasteiger partial charge in [0.15, 0.2) is 12.2 Å². The Kier molecular flexibility index (Phi) is 65.9. The molecule has 0 heterocycles. The molecule has 0 aromatic heterocycles. The molecule has 0 fully saturated rings. The number of carbonyl (C=O) groups excluding carboxylic acids is 4. The Labute approximate surface area is 568 Å². The Hall–Kier alpha value is -1.94. The van der Waals surface area contributed by atoms with Crippen molar-refractivity contribution < 1.29 is 80.2 Å². The summed E-state index contributed by atoms with van der Waals surface area (Å²) in [6.45, 7) is 7.23. The van der Waals surface area contributed by atoms with Gasteiger partial charge in [-0.25, -0.2) is 9.13 Å². The van der Waals surface area contributed by atoms with Crippen LogP contribution in [0, 0.1) is 5.92 Å². The molecule has 0 amide bonds. The minimum Gasteiger partial charge on any atom is -0.462 e. The van der Waals surface area contributed by atoms with Gasteiger partial charge in [0.05, 0.1) is 26.4 Å². The van der Waals surface area contributed by atoms with E-state index in [4.69, 9.17) is 37.0 Å². The highest BCUT2D eigenvalue weighted by Gasteiger charge is 2.30. The lowest BCUT2D eigenvalue weighted by atomic mass is 10.0. The monoisotopic (exact) mass is 1370 g/mol. The topological polar surface area (TPSA) is 237 Å². The predicted octanol–water partition coefficient (Wildman–Crippen LogP) is 21.7. The van der Waals surface area contributed by atoms with Crippen LogP contribution in [0.3, 0.4) is 0 Å². The van der Waals surface area contributed by atoms with Crippen molar-refractivity contribution in [2.75, 3.05) is 39.6 Å². The molecule has 0 aliphatic rings. The molecule has 0 saturated carbocycles. The average Bonchev–Trinajstić information content (AvgIpc) is 1.83. The second-order valence-corrected chi connectivity index (χ2v) is 30.1. The number of unbranched alkanes of at least 4 members (excludes halogenated alkanes) is 46. The van der Waals surface area contributed by atoms with E-state index in [-0.39, 0.29) is 25.7 Å². The molecule has 2 unspecified atom stereocenters. The van der Waals surface area contributed by atoms with Crippen molar-refractivity contribution in [3.05, 3.63) is 0 Å². The van der Waals surface area contributed by atoms with Crippen LogP contribution in [0.4, 0.5) is 0 Å². The second-order valence-electron chi connectivity index (χ2n) is 27.2. The van der Waals surface area contributed by atoms with Gasteiger partial charge in [-0.05, 0) is 31.6 Å². The van der Waals surface area contributed by atoms with E-state index in [9.17, 15) is 43.2 Å². The fraction of sp³-hybridized carbons (Fsp3) is 0.946. The third-order valence-corrected chi connectivity index (χ3v) is 19.2. The summed E-state index contributed by atoms with van der Waals surface area (Å²) in [5.74, 6) is -1.40. The van der Waals surface area contributed by atoms with E-state index in [0.717, 1.165) is 95.8 Å². The number of aliphatic hydroxyl groups excluding tert-OH is 1. The molecule has 5 atom stereocenters. The number of ether oxygens (including phenoxy) is 4. The number of hydrogen-bond acceptors (Lipinski definition) is 15. The van der Waals surface area contributed by atoms with E-state index < -0.39 is 97.5 Å². The molecule has 0 aliphatic heterocycles. The van der Waals surface area contributed by atoms with Gasteiger partial charge < -0.3 is 33.8 Å². The highest BCUT2D eigenvalue weighted by molar-refractivity contribution is 7.47. The number of phosphoric acid groups is 2. The van der Waals surface area contributed by atoms with Crippen LogP contribution < -0.4 is 0 Å². The first-order chi connectivity index (χ1) is 45.0. The Balaban J connectivity index is 5.21. The minimum atomic E-state index is -4.95. The standard InChI is InChI=1S/C74H144O17P2/c1-6-9-12-15-18-21-24-26-27-28-29-30-31-33-35-38-44-49-54-59-73(78)90-69(63-85-72(77)58-53-48-43-37-34-32-25-22-19-16-13-10-7-2)65-88-92(80,81)86-61-68(75)62-87-93(82,83)89-66-70(64-84-71(76)57-52-47-42-36-23-20-17-14-11-8-3)91-74(79)60-55-50-45-40-39-41-46-51-56-67(4)5/h67-70,75H,6-66H2,1-5H3,(H,80,81)(H,82,83)/t68-,69-,70-/m1/s1. The fourth-order valence-electron chi connectivity index (χ4n) is 11.4. The maximum atomic E-state index is 13.1. The summed E-state index contributed by atoms with van der Waals surface area (Å²) >= 11 is 0. The molecule has 0 saturated heterocycles. The molecule has 0 aromatic carbocycles. The molecule has 17 nitrogen and oxygen atoms in total. The summed E-state index contributed by atoms with van der Waals surface area (Å²) < 4.78 is 68.4. The molecule has 0 rings (SSSR count). The van der Waals surface area contributed by atoms with Crippen LogP contribution in [0.15, 0.2) is 0 Å². The zero-order valence-electron chi connectivity index (χ0n) is 60.4. The Morgan fingerprint density at radius 3 is 0.731 bits per heavy atom. The van der Waals surface area contributed by atoms with E-state index in [0.29, 0.717) is 25.7 Å². The maximum Gasteiger partial charge on any atom is 0.472 e. The average molecular weight is 1370 g/mol. The number of phosphoric ester groups is 2. The van der Waals surface area contributed by atoms with Gasteiger partial charge in [0.1, 0.15) is 19.3 Å². The molecule has 0 aliphatic carbocycles. The van der Waals surface area contributed by atoms with Gasteiger partial charge in [0, 0.05) is 25.7 Å². The van der Waals surface area contributed by atoms with Crippen molar-refractivity contribution >= 4 is 39.5 Å². The van der Waals surface area contributed by atoms with Gasteiger partial charge in [-0.2, -0.15) is 0 Å². The van der Waals surface area contributed by atoms with E-state index >= 15 is 0 Å². The quantitative estimate of drug-likeness (QED) is 0.0222. The molecule has 0 radical (unpaired) electrons. The van der Waals surface area contributed by atoms with Gasteiger partial charge >= 0.3 is 39.5 Å². The van der Waals surface area contributed by atoms with Crippen LogP contribution in [0.2, 0.25) is 0 Å². The number of esters is 4. The summed E-state index contributed by atoms with van der Waals surface area (Å²) in [6.07, 6.45) is 55.5. The lowest BCUT2D eigenvalue weighted by molar-refractivity contribution is -0.161. The van der Waals surface area contributed by atoms with E-state index in [1.165, 1.54) is 212 Å². The maximum absolute atomic E-state index is 13.1. The van der Waals surface area contributed by atoms with Crippen LogP contribution >= 0.6 is 15.6 Å². The Morgan fingerprint density at radius 1 is 0.290 bits per heavy atom. The number of hydrogen-bond donors (Lipinski definition) is 3. The van der Waals surface area contributed by atoms with Gasteiger partial charge in [-0.1, -0.05) is 336 Å². The summed E-state index contributed by atoms with van der Waals surface area (Å²) in [7, 11) is -9.90. The molecule has 3 N–H and O–H groups in total. The van der Waals surface area contributed by atoms with Crippen molar-refractivity contribution in [2.24, 2.45) is 5.92 Å². The Bertz CT molecular complexity index is 1790. The van der Waals surface area contributed by atoms with Gasteiger partial charge in [-0.15, -0.1) is 0 Å². The lowest BCUT2D eigenvalue weighted by Gasteiger charge is -2.21. The summed E-state index contributed by atoms with van der Waals surface area (Å²) in [6, 6.07) is 0. The third kappa shape index (κ3) is 68.4. The number of carbonyl (C=O) groups is 4. The molecule has 552 valence electrons. The van der Waals surface area contributed by atoms with E-state index in [2.05, 4.69) is 34.6 Å². The normalized spacial score (nSPS) is 14.0. The van der Waals surface area contributed by atoms with Gasteiger partial charge in [-0.3, -0.25) is 37.3 Å². The number of aliphatic hydroxyl groups is 1. The van der Waals surface area contributed by atoms with Crippen molar-refractivity contribution in [2.45, 2.75) is 406 Å². The molecule has 93 heavy (non-hydrogen) atoms. The van der Waals surface area contributed by atoms with Gasteiger partial charge in [0.25, 0.3) is 0 Å². The van der Waals surface area contributed by atoms with E-state index in [1.54, 1.807) is 0 Å². The molecule has 19 heteroatoms. The highest BCUT2D eigenvalue weighted by Crippen LogP contribution is 2.45. The first-order valence-electron chi connectivity index (χ1n) is 38.6.